The zero-order valence-electron chi connectivity index (χ0n) is 8.81. The van der Waals surface area contributed by atoms with Gasteiger partial charge in [-0.1, -0.05) is 21.1 Å². The summed E-state index contributed by atoms with van der Waals surface area (Å²) in [6, 6.07) is 6.81. The first-order valence-corrected chi connectivity index (χ1v) is 5.69. The number of carbonyl (C=O) groups excluding carboxylic acids is 1. The zero-order chi connectivity index (χ0) is 12.3. The molecule has 0 unspecified atom stereocenters. The third-order valence-corrected chi connectivity index (χ3v) is 2.67. The molecule has 0 saturated heterocycles. The molecule has 3 N–H and O–H groups in total. The maximum absolute atomic E-state index is 11.8. The van der Waals surface area contributed by atoms with Gasteiger partial charge >= 0.3 is 0 Å². The van der Waals surface area contributed by atoms with Crippen molar-refractivity contribution in [3.8, 4) is 0 Å². The van der Waals surface area contributed by atoms with E-state index >= 15 is 0 Å². The second-order valence-electron chi connectivity index (χ2n) is 3.39. The molecule has 0 bridgehead atoms. The van der Waals surface area contributed by atoms with E-state index in [0.29, 0.717) is 17.0 Å². The Bertz CT molecular complexity index is 526. The summed E-state index contributed by atoms with van der Waals surface area (Å²) in [7, 11) is 0. The normalized spacial score (nSPS) is 10.2. The van der Waals surface area contributed by atoms with Gasteiger partial charge in [-0.2, -0.15) is 0 Å². The van der Waals surface area contributed by atoms with Gasteiger partial charge in [0.2, 0.25) is 0 Å². The highest BCUT2D eigenvalue weighted by Gasteiger charge is 2.10. The Hall–Kier alpha value is -1.82. The lowest BCUT2D eigenvalue weighted by atomic mass is 10.1. The first-order valence-electron chi connectivity index (χ1n) is 4.89. The van der Waals surface area contributed by atoms with Crippen LogP contribution in [0.4, 0.5) is 5.69 Å². The number of nitrogens with two attached hydrogens (primary N) is 1. The van der Waals surface area contributed by atoms with Crippen molar-refractivity contribution in [1.82, 2.24) is 10.5 Å². The molecule has 1 aromatic carbocycles. The Labute approximate surface area is 106 Å². The molecule has 0 radical (unpaired) electrons. The van der Waals surface area contributed by atoms with Gasteiger partial charge in [-0.3, -0.25) is 4.79 Å². The molecule has 1 aromatic heterocycles. The third kappa shape index (κ3) is 2.85. The van der Waals surface area contributed by atoms with Gasteiger partial charge in [0.25, 0.3) is 5.91 Å². The summed E-state index contributed by atoms with van der Waals surface area (Å²) in [5.41, 5.74) is 6.58. The van der Waals surface area contributed by atoms with E-state index in [4.69, 9.17) is 10.3 Å². The Morgan fingerprint density at radius 3 is 3.00 bits per heavy atom. The second kappa shape index (κ2) is 5.01. The number of rotatable bonds is 3. The number of hydrogen-bond donors (Lipinski definition) is 2. The van der Waals surface area contributed by atoms with Crippen LogP contribution in [0.5, 0.6) is 0 Å². The lowest BCUT2D eigenvalue weighted by Crippen LogP contribution is -2.23. The second-order valence-corrected chi connectivity index (χ2v) is 4.31. The highest BCUT2D eigenvalue weighted by Crippen LogP contribution is 2.18. The smallest absolute Gasteiger partial charge is 0.253 e. The molecule has 2 rings (SSSR count). The van der Waals surface area contributed by atoms with E-state index in [0.717, 1.165) is 4.47 Å². The van der Waals surface area contributed by atoms with E-state index in [1.165, 1.54) is 6.20 Å². The van der Waals surface area contributed by atoms with Crippen molar-refractivity contribution in [1.29, 1.82) is 0 Å². The molecule has 88 valence electrons. The average molecular weight is 296 g/mol. The van der Waals surface area contributed by atoms with Gasteiger partial charge in [0.1, 0.15) is 0 Å². The Balaban J connectivity index is 2.07. The van der Waals surface area contributed by atoms with Crippen molar-refractivity contribution in [3.05, 3.63) is 46.3 Å². The minimum Gasteiger partial charge on any atom is -0.398 e. The molecule has 0 aliphatic carbocycles. The van der Waals surface area contributed by atoms with Gasteiger partial charge in [-0.25, -0.2) is 0 Å². The molecule has 0 fully saturated rings. The molecule has 17 heavy (non-hydrogen) atoms. The van der Waals surface area contributed by atoms with Crippen LogP contribution in [-0.4, -0.2) is 11.1 Å². The van der Waals surface area contributed by atoms with Crippen LogP contribution in [0, 0.1) is 0 Å². The van der Waals surface area contributed by atoms with Crippen LogP contribution < -0.4 is 11.1 Å². The third-order valence-electron chi connectivity index (χ3n) is 2.17. The van der Waals surface area contributed by atoms with Crippen LogP contribution in [0.25, 0.3) is 0 Å². The molecule has 6 heteroatoms. The van der Waals surface area contributed by atoms with Gasteiger partial charge in [-0.15, -0.1) is 0 Å². The Kier molecular flexibility index (Phi) is 3.43. The van der Waals surface area contributed by atoms with Crippen molar-refractivity contribution in [2.75, 3.05) is 5.73 Å². The Morgan fingerprint density at radius 1 is 1.47 bits per heavy atom. The lowest BCUT2D eigenvalue weighted by molar-refractivity contribution is 0.0948. The van der Waals surface area contributed by atoms with Crippen LogP contribution >= 0.6 is 15.9 Å². The molecule has 0 saturated carbocycles. The number of halogens is 1. The van der Waals surface area contributed by atoms with Crippen LogP contribution in [0.3, 0.4) is 0 Å². The van der Waals surface area contributed by atoms with Gasteiger partial charge in [0.05, 0.1) is 18.3 Å². The molecular formula is C11H10BrN3O2. The summed E-state index contributed by atoms with van der Waals surface area (Å²) in [5, 5.41) is 6.24. The van der Waals surface area contributed by atoms with Crippen molar-refractivity contribution < 1.29 is 9.32 Å². The lowest BCUT2D eigenvalue weighted by Gasteiger charge is -2.06. The van der Waals surface area contributed by atoms with Gasteiger partial charge in [0.15, 0.2) is 5.76 Å². The molecule has 1 amide bonds. The summed E-state index contributed by atoms with van der Waals surface area (Å²) >= 11 is 3.29. The number of benzene rings is 1. The SMILES string of the molecule is Nc1ccc(Br)cc1C(=O)NCc1ccno1. The molecule has 0 aliphatic rings. The number of nitrogen functional groups attached to an aromatic ring is 1. The predicted molar refractivity (Wildman–Crippen MR) is 66.2 cm³/mol. The number of hydrogen-bond acceptors (Lipinski definition) is 4. The zero-order valence-corrected chi connectivity index (χ0v) is 10.4. The van der Waals surface area contributed by atoms with Gasteiger partial charge in [0, 0.05) is 16.2 Å². The van der Waals surface area contributed by atoms with Gasteiger partial charge < -0.3 is 15.6 Å². The highest BCUT2D eigenvalue weighted by atomic mass is 79.9. The standard InChI is InChI=1S/C11H10BrN3O2/c12-7-1-2-10(13)9(5-7)11(16)14-6-8-3-4-15-17-8/h1-5H,6,13H2,(H,14,16). The summed E-state index contributed by atoms with van der Waals surface area (Å²) in [4.78, 5) is 11.8. The van der Waals surface area contributed by atoms with Crippen molar-refractivity contribution in [3.63, 3.8) is 0 Å². The summed E-state index contributed by atoms with van der Waals surface area (Å²) in [6.07, 6.45) is 1.52. The molecule has 0 atom stereocenters. The van der Waals surface area contributed by atoms with Crippen LogP contribution in [-0.2, 0) is 6.54 Å². The monoisotopic (exact) mass is 295 g/mol. The van der Waals surface area contributed by atoms with E-state index in [2.05, 4.69) is 26.4 Å². The van der Waals surface area contributed by atoms with Crippen LogP contribution in [0.15, 0.2) is 39.5 Å². The Morgan fingerprint density at radius 2 is 2.29 bits per heavy atom. The van der Waals surface area contributed by atoms with E-state index < -0.39 is 0 Å². The van der Waals surface area contributed by atoms with Crippen molar-refractivity contribution >= 4 is 27.5 Å². The number of anilines is 1. The maximum atomic E-state index is 11.8. The highest BCUT2D eigenvalue weighted by molar-refractivity contribution is 9.10. The van der Waals surface area contributed by atoms with Crippen LogP contribution in [0.2, 0.25) is 0 Å². The largest absolute Gasteiger partial charge is 0.398 e. The number of amides is 1. The first-order chi connectivity index (χ1) is 8.16. The number of nitrogens with one attached hydrogen (secondary N) is 1. The van der Waals surface area contributed by atoms with Crippen molar-refractivity contribution in [2.24, 2.45) is 0 Å². The molecular weight excluding hydrogens is 286 g/mol. The van der Waals surface area contributed by atoms with E-state index in [9.17, 15) is 4.79 Å². The minimum atomic E-state index is -0.250. The van der Waals surface area contributed by atoms with Crippen LogP contribution in [0.1, 0.15) is 16.1 Å². The molecule has 2 aromatic rings. The summed E-state index contributed by atoms with van der Waals surface area (Å²) < 4.78 is 5.67. The average Bonchev–Trinajstić information content (AvgIpc) is 2.82. The predicted octanol–water partition coefficient (Wildman–Crippen LogP) is 1.95. The van der Waals surface area contributed by atoms with E-state index in [1.54, 1.807) is 24.3 Å². The first kappa shape index (κ1) is 11.7. The fourth-order valence-corrected chi connectivity index (χ4v) is 1.68. The minimum absolute atomic E-state index is 0.250. The molecule has 0 spiro atoms. The van der Waals surface area contributed by atoms with E-state index in [-0.39, 0.29) is 12.5 Å². The number of aromatic nitrogens is 1. The molecule has 0 aliphatic heterocycles. The molecule has 1 heterocycles. The number of carbonyl (C=O) groups is 1. The number of nitrogens with zero attached hydrogens (tertiary/aromatic N) is 1. The quantitative estimate of drug-likeness (QED) is 0.848. The molecule has 5 nitrogen and oxygen atoms in total. The van der Waals surface area contributed by atoms with Gasteiger partial charge in [-0.05, 0) is 18.2 Å². The fraction of sp³-hybridized carbons (Fsp3) is 0.0909. The fourth-order valence-electron chi connectivity index (χ4n) is 1.32. The topological polar surface area (TPSA) is 81.2 Å². The maximum Gasteiger partial charge on any atom is 0.253 e. The van der Waals surface area contributed by atoms with Crippen molar-refractivity contribution in [2.45, 2.75) is 6.54 Å². The summed E-state index contributed by atoms with van der Waals surface area (Å²) in [6.45, 7) is 0.283. The van der Waals surface area contributed by atoms with E-state index in [1.807, 2.05) is 0 Å². The summed E-state index contributed by atoms with van der Waals surface area (Å²) in [5.74, 6) is 0.340.